The number of rotatable bonds is 3. The van der Waals surface area contributed by atoms with Crippen molar-refractivity contribution in [3.63, 3.8) is 0 Å². The summed E-state index contributed by atoms with van der Waals surface area (Å²) in [6.07, 6.45) is 0.359. The number of benzene rings is 3. The molecule has 3 amide bonds. The van der Waals surface area contributed by atoms with Gasteiger partial charge in [-0.3, -0.25) is 9.69 Å². The zero-order valence-electron chi connectivity index (χ0n) is 18.7. The van der Waals surface area contributed by atoms with Crippen LogP contribution < -0.4 is 4.90 Å². The molecule has 35 heavy (non-hydrogen) atoms. The van der Waals surface area contributed by atoms with Crippen molar-refractivity contribution in [1.29, 1.82) is 0 Å². The zero-order chi connectivity index (χ0) is 24.3. The maximum atomic E-state index is 13.9. The van der Waals surface area contributed by atoms with Crippen LogP contribution in [0.2, 0.25) is 5.02 Å². The topological polar surface area (TPSA) is 82.7 Å². The lowest BCUT2D eigenvalue weighted by Crippen LogP contribution is -2.44. The maximum absolute atomic E-state index is 13.9. The van der Waals surface area contributed by atoms with E-state index in [0.717, 1.165) is 32.6 Å². The molecule has 3 heterocycles. The highest BCUT2D eigenvalue weighted by Crippen LogP contribution is 2.45. The number of esters is 1. The molecule has 0 aliphatic carbocycles. The van der Waals surface area contributed by atoms with Crippen LogP contribution in [0.3, 0.4) is 0 Å². The Balaban J connectivity index is 1.55. The molecule has 1 fully saturated rings. The molecule has 8 heteroatoms. The van der Waals surface area contributed by atoms with Gasteiger partial charge >= 0.3 is 12.0 Å². The van der Waals surface area contributed by atoms with Gasteiger partial charge in [-0.2, -0.15) is 0 Å². The van der Waals surface area contributed by atoms with Crippen LogP contribution in [-0.4, -0.2) is 40.9 Å². The first-order valence-corrected chi connectivity index (χ1v) is 11.6. The van der Waals surface area contributed by atoms with Crippen molar-refractivity contribution < 1.29 is 19.1 Å². The van der Waals surface area contributed by atoms with Gasteiger partial charge in [-0.05, 0) is 41.5 Å². The van der Waals surface area contributed by atoms with Gasteiger partial charge in [0, 0.05) is 28.0 Å². The van der Waals surface area contributed by atoms with E-state index in [9.17, 15) is 14.4 Å². The number of urea groups is 1. The number of nitrogens with zero attached hydrogens (tertiary/aromatic N) is 2. The van der Waals surface area contributed by atoms with Crippen molar-refractivity contribution in [2.24, 2.45) is 0 Å². The number of methoxy groups -OCH3 is 1. The predicted molar refractivity (Wildman–Crippen MR) is 132 cm³/mol. The summed E-state index contributed by atoms with van der Waals surface area (Å²) < 4.78 is 4.89. The Kier molecular flexibility index (Phi) is 4.89. The van der Waals surface area contributed by atoms with Gasteiger partial charge in [0.1, 0.15) is 12.1 Å². The number of H-pyrrole nitrogens is 1. The van der Waals surface area contributed by atoms with Crippen molar-refractivity contribution in [3.8, 4) is 0 Å². The number of fused-ring (bicyclic) bond motifs is 4. The largest absolute Gasteiger partial charge is 0.465 e. The Morgan fingerprint density at radius 2 is 1.80 bits per heavy atom. The summed E-state index contributed by atoms with van der Waals surface area (Å²) in [5.74, 6) is -0.997. The number of hydrogen-bond donors (Lipinski definition) is 1. The highest BCUT2D eigenvalue weighted by atomic mass is 35.5. The summed E-state index contributed by atoms with van der Waals surface area (Å²) in [7, 11) is 1.27. The number of hydrogen-bond acceptors (Lipinski definition) is 4. The molecule has 1 aromatic heterocycles. The molecule has 174 valence electrons. The average Bonchev–Trinajstić information content (AvgIpc) is 3.36. The van der Waals surface area contributed by atoms with Gasteiger partial charge in [-0.25, -0.2) is 14.5 Å². The quantitative estimate of drug-likeness (QED) is 0.323. The van der Waals surface area contributed by atoms with E-state index < -0.39 is 24.1 Å². The first-order valence-electron chi connectivity index (χ1n) is 11.2. The van der Waals surface area contributed by atoms with Crippen molar-refractivity contribution in [2.45, 2.75) is 18.5 Å². The lowest BCUT2D eigenvalue weighted by atomic mass is 9.89. The molecule has 0 saturated carbocycles. The zero-order valence-corrected chi connectivity index (χ0v) is 19.5. The van der Waals surface area contributed by atoms with Gasteiger partial charge in [0.15, 0.2) is 0 Å². The standard InChI is InChI=1S/C27H20ClN3O4/c1-35-26(33)18-10-3-5-12-21(18)31-25(32)22-14-19-17-9-2-4-11-20(17)29-23(19)24(30(22)27(31)34)15-7-6-8-16(28)13-15/h2-13,22,24,29H,14H2,1H3. The second kappa shape index (κ2) is 7.99. The molecule has 0 radical (unpaired) electrons. The van der Waals surface area contributed by atoms with Crippen LogP contribution in [0.5, 0.6) is 0 Å². The number of halogens is 1. The smallest absolute Gasteiger partial charge is 0.339 e. The van der Waals surface area contributed by atoms with E-state index in [4.69, 9.17) is 16.3 Å². The van der Waals surface area contributed by atoms with Crippen LogP contribution >= 0.6 is 11.6 Å². The van der Waals surface area contributed by atoms with E-state index in [0.29, 0.717) is 11.4 Å². The van der Waals surface area contributed by atoms with Crippen molar-refractivity contribution in [3.05, 3.63) is 100 Å². The summed E-state index contributed by atoms with van der Waals surface area (Å²) >= 11 is 6.33. The SMILES string of the molecule is COC(=O)c1ccccc1N1C(=O)C2Cc3c([nH]c4ccccc34)C(c3cccc(Cl)c3)N2C1=O. The fraction of sp³-hybridized carbons (Fsp3) is 0.148. The van der Waals surface area contributed by atoms with E-state index in [1.165, 1.54) is 7.11 Å². The fourth-order valence-corrected chi connectivity index (χ4v) is 5.47. The molecule has 2 aliphatic heterocycles. The predicted octanol–water partition coefficient (Wildman–Crippen LogP) is 5.09. The van der Waals surface area contributed by atoms with Crippen LogP contribution in [-0.2, 0) is 16.0 Å². The molecule has 1 N–H and O–H groups in total. The summed E-state index contributed by atoms with van der Waals surface area (Å²) in [4.78, 5) is 46.3. The minimum absolute atomic E-state index is 0.153. The Morgan fingerprint density at radius 3 is 2.60 bits per heavy atom. The number of amides is 3. The summed E-state index contributed by atoms with van der Waals surface area (Å²) in [6, 6.07) is 19.9. The third-order valence-corrected chi connectivity index (χ3v) is 7.00. The van der Waals surface area contributed by atoms with Crippen LogP contribution in [0.4, 0.5) is 10.5 Å². The molecule has 1 saturated heterocycles. The van der Waals surface area contributed by atoms with Gasteiger partial charge < -0.3 is 9.72 Å². The molecule has 2 atom stereocenters. The first-order chi connectivity index (χ1) is 17.0. The third kappa shape index (κ3) is 3.15. The number of anilines is 1. The Labute approximate surface area is 205 Å². The molecule has 2 aliphatic rings. The normalized spacial score (nSPS) is 19.1. The number of carbonyl (C=O) groups is 3. The van der Waals surface area contributed by atoms with E-state index in [1.54, 1.807) is 35.2 Å². The van der Waals surface area contributed by atoms with Crippen LogP contribution in [0.1, 0.15) is 33.2 Å². The van der Waals surface area contributed by atoms with Crippen LogP contribution in [0.15, 0.2) is 72.8 Å². The average molecular weight is 486 g/mol. The van der Waals surface area contributed by atoms with Crippen molar-refractivity contribution in [1.82, 2.24) is 9.88 Å². The molecule has 6 rings (SSSR count). The van der Waals surface area contributed by atoms with Gasteiger partial charge in [0.25, 0.3) is 5.91 Å². The number of ether oxygens (including phenoxy) is 1. The summed E-state index contributed by atoms with van der Waals surface area (Å²) in [5.41, 5.74) is 3.95. The Morgan fingerprint density at radius 1 is 1.03 bits per heavy atom. The molecular weight excluding hydrogens is 466 g/mol. The van der Waals surface area contributed by atoms with Crippen molar-refractivity contribution >= 4 is 46.1 Å². The van der Waals surface area contributed by atoms with E-state index >= 15 is 0 Å². The molecule has 4 aromatic rings. The molecule has 0 bridgehead atoms. The van der Waals surface area contributed by atoms with Gasteiger partial charge in [-0.15, -0.1) is 0 Å². The monoisotopic (exact) mass is 485 g/mol. The number of para-hydroxylation sites is 2. The van der Waals surface area contributed by atoms with E-state index in [-0.39, 0.29) is 17.2 Å². The number of imide groups is 1. The fourth-order valence-electron chi connectivity index (χ4n) is 5.27. The highest BCUT2D eigenvalue weighted by Gasteiger charge is 2.53. The lowest BCUT2D eigenvalue weighted by molar-refractivity contribution is -0.120. The lowest BCUT2D eigenvalue weighted by Gasteiger charge is -2.36. The molecule has 0 spiro atoms. The maximum Gasteiger partial charge on any atom is 0.339 e. The molecule has 7 nitrogen and oxygen atoms in total. The minimum Gasteiger partial charge on any atom is -0.465 e. The van der Waals surface area contributed by atoms with Gasteiger partial charge in [0.05, 0.1) is 18.4 Å². The van der Waals surface area contributed by atoms with Crippen LogP contribution in [0.25, 0.3) is 10.9 Å². The molecular formula is C27H20ClN3O4. The highest BCUT2D eigenvalue weighted by molar-refractivity contribution is 6.30. The van der Waals surface area contributed by atoms with Crippen LogP contribution in [0, 0.1) is 0 Å². The number of aromatic nitrogens is 1. The minimum atomic E-state index is -0.733. The summed E-state index contributed by atoms with van der Waals surface area (Å²) in [6.45, 7) is 0. The van der Waals surface area contributed by atoms with Gasteiger partial charge in [0.2, 0.25) is 0 Å². The van der Waals surface area contributed by atoms with E-state index in [1.807, 2.05) is 42.5 Å². The number of aromatic amines is 1. The second-order valence-electron chi connectivity index (χ2n) is 8.61. The molecule has 2 unspecified atom stereocenters. The van der Waals surface area contributed by atoms with E-state index in [2.05, 4.69) is 4.98 Å². The Hall–Kier alpha value is -4.10. The van der Waals surface area contributed by atoms with Gasteiger partial charge in [-0.1, -0.05) is 54.1 Å². The summed E-state index contributed by atoms with van der Waals surface area (Å²) in [5, 5.41) is 1.55. The third-order valence-electron chi connectivity index (χ3n) is 6.76. The second-order valence-corrected chi connectivity index (χ2v) is 9.05. The Bertz CT molecular complexity index is 1530. The number of carbonyl (C=O) groups excluding carboxylic acids is 3. The first kappa shape index (κ1) is 21.4. The van der Waals surface area contributed by atoms with Crippen molar-refractivity contribution in [2.75, 3.05) is 12.0 Å². The molecule has 3 aromatic carbocycles. The number of nitrogens with one attached hydrogen (secondary N) is 1.